The molecule has 0 fully saturated rings. The lowest BCUT2D eigenvalue weighted by Crippen LogP contribution is -2.50. The Kier molecular flexibility index (Phi) is 5.90. The summed E-state index contributed by atoms with van der Waals surface area (Å²) in [6.45, 7) is 10.5. The number of carbonyl (C=O) groups excluding carboxylic acids is 2. The second-order valence-electron chi connectivity index (χ2n) is 8.07. The van der Waals surface area contributed by atoms with Crippen LogP contribution in [0.2, 0.25) is 5.02 Å². The Morgan fingerprint density at radius 3 is 2.19 bits per heavy atom. The predicted octanol–water partition coefficient (Wildman–Crippen LogP) is 5.67. The molecule has 0 saturated heterocycles. The van der Waals surface area contributed by atoms with Crippen molar-refractivity contribution in [3.8, 4) is 0 Å². The maximum absolute atomic E-state index is 12.8. The Balaban J connectivity index is 2.46. The summed E-state index contributed by atoms with van der Waals surface area (Å²) in [6, 6.07) is 10.6. The second kappa shape index (κ2) is 7.64. The minimum absolute atomic E-state index is 0.448. The topological polar surface area (TPSA) is 67.9 Å². The molecular weight excluding hydrogens is 368 g/mol. The van der Waals surface area contributed by atoms with Gasteiger partial charge >= 0.3 is 12.2 Å². The third-order valence-electron chi connectivity index (χ3n) is 3.24. The van der Waals surface area contributed by atoms with Crippen LogP contribution in [0.1, 0.15) is 41.5 Å². The van der Waals surface area contributed by atoms with Gasteiger partial charge < -0.3 is 9.47 Å². The van der Waals surface area contributed by atoms with E-state index in [4.69, 9.17) is 21.1 Å². The van der Waals surface area contributed by atoms with Gasteiger partial charge in [-0.25, -0.2) is 15.0 Å². The average Bonchev–Trinajstić information content (AvgIpc) is 2.48. The van der Waals surface area contributed by atoms with E-state index in [1.165, 1.54) is 0 Å². The first-order valence-electron chi connectivity index (χ1n) is 8.57. The molecule has 6 nitrogen and oxygen atoms in total. The van der Waals surface area contributed by atoms with Gasteiger partial charge in [0.25, 0.3) is 0 Å². The lowest BCUT2D eigenvalue weighted by atomic mass is 10.1. The molecule has 0 radical (unpaired) electrons. The maximum atomic E-state index is 12.8. The molecule has 0 unspecified atom stereocenters. The van der Waals surface area contributed by atoms with Crippen LogP contribution in [0.3, 0.4) is 0 Å². The molecule has 0 bridgehead atoms. The summed E-state index contributed by atoms with van der Waals surface area (Å²) < 4.78 is 10.7. The van der Waals surface area contributed by atoms with Crippen molar-refractivity contribution in [3.05, 3.63) is 41.4 Å². The minimum Gasteiger partial charge on any atom is -0.443 e. The van der Waals surface area contributed by atoms with Crippen molar-refractivity contribution in [3.63, 3.8) is 0 Å². The van der Waals surface area contributed by atoms with Gasteiger partial charge in [0.05, 0.1) is 5.69 Å². The minimum atomic E-state index is -0.765. The van der Waals surface area contributed by atoms with Gasteiger partial charge in [0.1, 0.15) is 11.2 Å². The van der Waals surface area contributed by atoms with Crippen molar-refractivity contribution in [2.24, 2.45) is 0 Å². The number of fused-ring (bicyclic) bond motifs is 1. The molecule has 2 aromatic carbocycles. The van der Waals surface area contributed by atoms with Crippen molar-refractivity contribution < 1.29 is 19.1 Å². The molecule has 0 atom stereocenters. The Morgan fingerprint density at radius 2 is 1.59 bits per heavy atom. The van der Waals surface area contributed by atoms with Crippen LogP contribution in [0.4, 0.5) is 15.3 Å². The Bertz CT molecular complexity index is 853. The highest BCUT2D eigenvalue weighted by atomic mass is 35.5. The first-order chi connectivity index (χ1) is 12.4. The van der Waals surface area contributed by atoms with Crippen LogP contribution in [0.25, 0.3) is 10.8 Å². The van der Waals surface area contributed by atoms with E-state index >= 15 is 0 Å². The number of halogens is 1. The Labute approximate surface area is 164 Å². The van der Waals surface area contributed by atoms with Gasteiger partial charge in [-0.2, -0.15) is 5.01 Å². The molecule has 2 amide bonds. The van der Waals surface area contributed by atoms with Gasteiger partial charge in [-0.1, -0.05) is 29.8 Å². The van der Waals surface area contributed by atoms with E-state index in [-0.39, 0.29) is 0 Å². The number of nitrogens with zero attached hydrogens (tertiary/aromatic N) is 1. The number of ether oxygens (including phenoxy) is 2. The van der Waals surface area contributed by atoms with Crippen LogP contribution in [0.15, 0.2) is 36.4 Å². The van der Waals surface area contributed by atoms with E-state index < -0.39 is 23.4 Å². The van der Waals surface area contributed by atoms with Crippen LogP contribution < -0.4 is 10.4 Å². The number of rotatable bonds is 1. The number of hydrogen-bond acceptors (Lipinski definition) is 4. The first kappa shape index (κ1) is 20.8. The summed E-state index contributed by atoms with van der Waals surface area (Å²) in [4.78, 5) is 25.1. The van der Waals surface area contributed by atoms with Crippen LogP contribution in [0, 0.1) is 0 Å². The predicted molar refractivity (Wildman–Crippen MR) is 107 cm³/mol. The lowest BCUT2D eigenvalue weighted by molar-refractivity contribution is 0.0425. The van der Waals surface area contributed by atoms with Gasteiger partial charge in [-0.05, 0) is 65.1 Å². The normalized spacial score (nSPS) is 11.8. The molecule has 7 heteroatoms. The molecule has 27 heavy (non-hydrogen) atoms. The third-order valence-corrected chi connectivity index (χ3v) is 3.47. The fourth-order valence-corrected chi connectivity index (χ4v) is 2.52. The summed E-state index contributed by atoms with van der Waals surface area (Å²) in [7, 11) is 0. The van der Waals surface area contributed by atoms with Gasteiger partial charge in [-0.15, -0.1) is 0 Å². The molecule has 2 rings (SSSR count). The molecule has 0 aliphatic carbocycles. The highest BCUT2D eigenvalue weighted by Crippen LogP contribution is 2.29. The number of amides is 2. The molecule has 0 spiro atoms. The van der Waals surface area contributed by atoms with Crippen molar-refractivity contribution >= 4 is 40.2 Å². The number of benzene rings is 2. The van der Waals surface area contributed by atoms with Crippen LogP contribution in [-0.2, 0) is 9.47 Å². The quantitative estimate of drug-likeness (QED) is 0.634. The third kappa shape index (κ3) is 6.03. The highest BCUT2D eigenvalue weighted by Gasteiger charge is 2.28. The zero-order valence-corrected chi connectivity index (χ0v) is 17.2. The van der Waals surface area contributed by atoms with Gasteiger partial charge in [0.15, 0.2) is 0 Å². The van der Waals surface area contributed by atoms with E-state index in [0.717, 1.165) is 15.8 Å². The summed E-state index contributed by atoms with van der Waals surface area (Å²) in [5.41, 5.74) is 1.48. The Hall–Kier alpha value is -2.47. The molecule has 2 aromatic rings. The number of hydrazine groups is 1. The van der Waals surface area contributed by atoms with Crippen molar-refractivity contribution in [1.29, 1.82) is 0 Å². The molecule has 0 aliphatic rings. The zero-order chi connectivity index (χ0) is 20.4. The molecule has 0 aromatic heterocycles. The fraction of sp³-hybridized carbons (Fsp3) is 0.400. The van der Waals surface area contributed by atoms with Crippen molar-refractivity contribution in [2.45, 2.75) is 52.7 Å². The fourth-order valence-electron chi connectivity index (χ4n) is 2.34. The van der Waals surface area contributed by atoms with Gasteiger partial charge in [0.2, 0.25) is 0 Å². The summed E-state index contributed by atoms with van der Waals surface area (Å²) in [5, 5.41) is 3.17. The molecule has 0 aliphatic heterocycles. The largest absolute Gasteiger partial charge is 0.443 e. The SMILES string of the molecule is CC(C)(C)OC(=O)NN(C(=O)OC(C)(C)C)c1cccc2cc(Cl)ccc12. The first-order valence-corrected chi connectivity index (χ1v) is 8.94. The lowest BCUT2D eigenvalue weighted by Gasteiger charge is -2.29. The molecule has 0 saturated carbocycles. The number of carbonyl (C=O) groups is 2. The van der Waals surface area contributed by atoms with Crippen molar-refractivity contribution in [2.75, 3.05) is 5.01 Å². The highest BCUT2D eigenvalue weighted by molar-refractivity contribution is 6.31. The van der Waals surface area contributed by atoms with Crippen molar-refractivity contribution in [1.82, 2.24) is 5.43 Å². The monoisotopic (exact) mass is 392 g/mol. The standard InChI is InChI=1S/C20H25ClN2O4/c1-19(2,3)26-17(24)22-23(18(25)27-20(4,5)6)16-9-7-8-13-12-14(21)10-11-15(13)16/h7-12H,1-6H3,(H,22,24). The van der Waals surface area contributed by atoms with Gasteiger partial charge in [-0.3, -0.25) is 0 Å². The van der Waals surface area contributed by atoms with Crippen LogP contribution >= 0.6 is 11.6 Å². The smallest absolute Gasteiger partial charge is 0.434 e. The molecular formula is C20H25ClN2O4. The van der Waals surface area contributed by atoms with E-state index in [9.17, 15) is 9.59 Å². The number of nitrogens with one attached hydrogen (secondary N) is 1. The summed E-state index contributed by atoms with van der Waals surface area (Å²) in [5.74, 6) is 0. The van der Waals surface area contributed by atoms with Gasteiger partial charge in [0, 0.05) is 10.4 Å². The van der Waals surface area contributed by atoms with Crippen LogP contribution in [-0.4, -0.2) is 23.4 Å². The number of anilines is 1. The second-order valence-corrected chi connectivity index (χ2v) is 8.51. The molecule has 1 N–H and O–H groups in total. The zero-order valence-electron chi connectivity index (χ0n) is 16.4. The molecule has 146 valence electrons. The van der Waals surface area contributed by atoms with E-state index in [0.29, 0.717) is 10.7 Å². The van der Waals surface area contributed by atoms with E-state index in [1.54, 1.807) is 71.9 Å². The van der Waals surface area contributed by atoms with E-state index in [1.807, 2.05) is 6.07 Å². The van der Waals surface area contributed by atoms with Crippen LogP contribution in [0.5, 0.6) is 0 Å². The van der Waals surface area contributed by atoms with E-state index in [2.05, 4.69) is 5.43 Å². The average molecular weight is 393 g/mol. The summed E-state index contributed by atoms with van der Waals surface area (Å²) in [6.07, 6.45) is -1.49. The number of hydrogen-bond donors (Lipinski definition) is 1. The summed E-state index contributed by atoms with van der Waals surface area (Å²) >= 11 is 6.06. The Morgan fingerprint density at radius 1 is 0.963 bits per heavy atom. The molecule has 0 heterocycles. The maximum Gasteiger partial charge on any atom is 0.434 e.